The second-order valence-corrected chi connectivity index (χ2v) is 11.1. The van der Waals surface area contributed by atoms with Crippen LogP contribution in [0.5, 0.6) is 11.5 Å². The van der Waals surface area contributed by atoms with E-state index in [2.05, 4.69) is 36.1 Å². The van der Waals surface area contributed by atoms with Crippen LogP contribution < -0.4 is 19.3 Å². The molecule has 6 rings (SSSR count). The van der Waals surface area contributed by atoms with Gasteiger partial charge in [-0.3, -0.25) is 14.4 Å². The van der Waals surface area contributed by atoms with Crippen LogP contribution in [0.3, 0.4) is 0 Å². The number of amides is 1. The third kappa shape index (κ3) is 6.00. The molecule has 3 saturated heterocycles. The molecule has 3 fully saturated rings. The van der Waals surface area contributed by atoms with E-state index in [9.17, 15) is 4.79 Å². The summed E-state index contributed by atoms with van der Waals surface area (Å²) >= 11 is 0. The summed E-state index contributed by atoms with van der Waals surface area (Å²) < 4.78 is 18.3. The largest absolute Gasteiger partial charge is 0.497 e. The molecule has 1 aromatic carbocycles. The van der Waals surface area contributed by atoms with Gasteiger partial charge in [0.05, 0.1) is 26.0 Å². The molecule has 3 aromatic rings. The number of hydrogen-bond donors (Lipinski definition) is 0. The predicted molar refractivity (Wildman–Crippen MR) is 160 cm³/mol. The predicted octanol–water partition coefficient (Wildman–Crippen LogP) is 2.16. The summed E-state index contributed by atoms with van der Waals surface area (Å²) in [4.78, 5) is 22.3. The van der Waals surface area contributed by atoms with Gasteiger partial charge in [-0.15, -0.1) is 10.2 Å². The number of carbonyl (C=O) groups excluding carboxylic acids is 1. The molecule has 12 nitrogen and oxygen atoms in total. The molecule has 0 spiro atoms. The minimum absolute atomic E-state index is 0.0437. The van der Waals surface area contributed by atoms with E-state index in [0.29, 0.717) is 55.2 Å². The van der Waals surface area contributed by atoms with Gasteiger partial charge in [-0.2, -0.15) is 5.10 Å². The van der Waals surface area contributed by atoms with Crippen molar-refractivity contribution in [2.24, 2.45) is 7.05 Å². The first-order valence-corrected chi connectivity index (χ1v) is 14.8. The third-order valence-electron chi connectivity index (χ3n) is 8.49. The maximum absolute atomic E-state index is 13.5. The van der Waals surface area contributed by atoms with Crippen molar-refractivity contribution < 1.29 is 19.0 Å². The van der Waals surface area contributed by atoms with Crippen LogP contribution in [0.4, 0.5) is 11.6 Å². The van der Waals surface area contributed by atoms with E-state index in [-0.39, 0.29) is 5.91 Å². The van der Waals surface area contributed by atoms with Gasteiger partial charge in [-0.1, -0.05) is 0 Å². The van der Waals surface area contributed by atoms with Crippen LogP contribution in [0.1, 0.15) is 23.3 Å². The molecule has 1 amide bonds. The maximum atomic E-state index is 13.5. The number of nitrogens with zero attached hydrogens (tertiary/aromatic N) is 8. The summed E-state index contributed by atoms with van der Waals surface area (Å²) in [5.41, 5.74) is 1.97. The first-order chi connectivity index (χ1) is 20.5. The van der Waals surface area contributed by atoms with Gasteiger partial charge >= 0.3 is 0 Å². The zero-order valence-corrected chi connectivity index (χ0v) is 24.7. The summed E-state index contributed by atoms with van der Waals surface area (Å²) in [5.74, 6) is 3.09. The molecule has 42 heavy (non-hydrogen) atoms. The molecule has 0 saturated carbocycles. The lowest BCUT2D eigenvalue weighted by molar-refractivity contribution is 0.0712. The normalized spacial score (nSPS) is 19.8. The Bertz CT molecular complexity index is 1360. The molecule has 12 heteroatoms. The first kappa shape index (κ1) is 28.2. The summed E-state index contributed by atoms with van der Waals surface area (Å²) in [6.07, 6.45) is 2.76. The van der Waals surface area contributed by atoms with Gasteiger partial charge in [-0.25, -0.2) is 0 Å². The van der Waals surface area contributed by atoms with Crippen LogP contribution in [-0.2, 0) is 11.8 Å². The molecule has 0 N–H and O–H groups in total. The lowest BCUT2D eigenvalue weighted by atomic mass is 10.1. The first-order valence-electron chi connectivity index (χ1n) is 14.8. The summed E-state index contributed by atoms with van der Waals surface area (Å²) in [6, 6.07) is 11.5. The maximum Gasteiger partial charge on any atom is 0.272 e. The van der Waals surface area contributed by atoms with E-state index < -0.39 is 0 Å². The van der Waals surface area contributed by atoms with Crippen LogP contribution in [0.25, 0.3) is 11.3 Å². The molecule has 0 aliphatic carbocycles. The number of aryl methyl sites for hydroxylation is 1. The molecule has 1 atom stereocenters. The fourth-order valence-electron chi connectivity index (χ4n) is 6.01. The molecule has 3 aliphatic rings. The Morgan fingerprint density at radius 3 is 2.19 bits per heavy atom. The van der Waals surface area contributed by atoms with Crippen molar-refractivity contribution in [3.8, 4) is 22.8 Å². The van der Waals surface area contributed by atoms with E-state index in [0.717, 1.165) is 56.5 Å². The molecule has 1 unspecified atom stereocenters. The molecular formula is C30H40N8O4. The molecule has 0 radical (unpaired) electrons. The van der Waals surface area contributed by atoms with Gasteiger partial charge in [0.2, 0.25) is 0 Å². The number of methoxy groups -OCH3 is 2. The van der Waals surface area contributed by atoms with Crippen LogP contribution in [-0.4, -0.2) is 122 Å². The number of rotatable bonds is 8. The van der Waals surface area contributed by atoms with Crippen molar-refractivity contribution in [1.29, 1.82) is 0 Å². The minimum Gasteiger partial charge on any atom is -0.497 e. The summed E-state index contributed by atoms with van der Waals surface area (Å²) in [5, 5.41) is 13.7. The number of ether oxygens (including phenoxy) is 3. The topological polar surface area (TPSA) is 101 Å². The zero-order chi connectivity index (χ0) is 29.1. The van der Waals surface area contributed by atoms with Gasteiger partial charge in [0.1, 0.15) is 17.2 Å². The molecule has 224 valence electrons. The third-order valence-corrected chi connectivity index (χ3v) is 8.49. The van der Waals surface area contributed by atoms with E-state index in [1.165, 1.54) is 12.8 Å². The second kappa shape index (κ2) is 12.5. The summed E-state index contributed by atoms with van der Waals surface area (Å²) in [7, 11) is 5.03. The van der Waals surface area contributed by atoms with Gasteiger partial charge in [-0.05, 0) is 49.2 Å². The average Bonchev–Trinajstić information content (AvgIpc) is 3.70. The number of hydrogen-bond acceptors (Lipinski definition) is 10. The number of anilines is 2. The Hall–Kier alpha value is -3.90. The Kier molecular flexibility index (Phi) is 8.43. The van der Waals surface area contributed by atoms with Crippen molar-refractivity contribution in [1.82, 2.24) is 29.8 Å². The highest BCUT2D eigenvalue weighted by Gasteiger charge is 2.27. The molecular weight excluding hydrogens is 536 g/mol. The number of benzene rings is 1. The lowest BCUT2D eigenvalue weighted by Crippen LogP contribution is -2.49. The number of aromatic nitrogens is 4. The zero-order valence-electron chi connectivity index (χ0n) is 24.7. The molecule has 0 bridgehead atoms. The second-order valence-electron chi connectivity index (χ2n) is 11.1. The van der Waals surface area contributed by atoms with Gasteiger partial charge in [0.25, 0.3) is 5.91 Å². The van der Waals surface area contributed by atoms with Crippen LogP contribution in [0, 0.1) is 0 Å². The standard InChI is InChI=1S/C30H40N8O4/c1-34-26(20-25(33-34)24-19-22(40-2)6-7-27(24)41-3)30(39)38-16-14-37(15-17-38)29-9-8-28(31-32-29)36-12-10-35(11-13-36)21-23-5-4-18-42-23/h6-9,19-20,23H,4-5,10-18,21H2,1-3H3. The average molecular weight is 577 g/mol. The molecule has 3 aliphatic heterocycles. The Morgan fingerprint density at radius 1 is 0.905 bits per heavy atom. The van der Waals surface area contributed by atoms with Gasteiger partial charge < -0.3 is 28.9 Å². The van der Waals surface area contributed by atoms with E-state index >= 15 is 0 Å². The lowest BCUT2D eigenvalue weighted by Gasteiger charge is -2.37. The van der Waals surface area contributed by atoms with Crippen molar-refractivity contribution in [2.75, 3.05) is 89.5 Å². The van der Waals surface area contributed by atoms with Gasteiger partial charge in [0, 0.05) is 78.1 Å². The van der Waals surface area contributed by atoms with Crippen LogP contribution in [0.15, 0.2) is 36.4 Å². The highest BCUT2D eigenvalue weighted by atomic mass is 16.5. The molecule has 2 aromatic heterocycles. The molecule has 5 heterocycles. The van der Waals surface area contributed by atoms with E-state index in [1.54, 1.807) is 25.9 Å². The van der Waals surface area contributed by atoms with Crippen molar-refractivity contribution >= 4 is 17.5 Å². The number of carbonyl (C=O) groups is 1. The fraction of sp³-hybridized carbons (Fsp3) is 0.533. The SMILES string of the molecule is COc1ccc(OC)c(-c2cc(C(=O)N3CCN(c4ccc(N5CCN(CC6CCCO6)CC5)nn4)CC3)n(C)n2)c1. The highest BCUT2D eigenvalue weighted by Crippen LogP contribution is 2.33. The van der Waals surface area contributed by atoms with E-state index in [1.807, 2.05) is 35.2 Å². The smallest absolute Gasteiger partial charge is 0.272 e. The highest BCUT2D eigenvalue weighted by molar-refractivity contribution is 5.94. The van der Waals surface area contributed by atoms with Gasteiger partial charge in [0.15, 0.2) is 11.6 Å². The minimum atomic E-state index is -0.0437. The van der Waals surface area contributed by atoms with Crippen molar-refractivity contribution in [3.05, 3.63) is 42.1 Å². The van der Waals surface area contributed by atoms with Crippen molar-refractivity contribution in [2.45, 2.75) is 18.9 Å². The summed E-state index contributed by atoms with van der Waals surface area (Å²) in [6.45, 7) is 8.44. The fourth-order valence-corrected chi connectivity index (χ4v) is 6.01. The van der Waals surface area contributed by atoms with Crippen molar-refractivity contribution in [3.63, 3.8) is 0 Å². The number of piperazine rings is 2. The van der Waals surface area contributed by atoms with Crippen LogP contribution >= 0.6 is 0 Å². The quantitative estimate of drug-likeness (QED) is 0.397. The Balaban J connectivity index is 1.03. The Labute approximate surface area is 246 Å². The monoisotopic (exact) mass is 576 g/mol. The Morgan fingerprint density at radius 2 is 1.60 bits per heavy atom. The van der Waals surface area contributed by atoms with Crippen LogP contribution in [0.2, 0.25) is 0 Å². The van der Waals surface area contributed by atoms with E-state index in [4.69, 9.17) is 14.2 Å².